The normalized spacial score (nSPS) is 13.4. The quantitative estimate of drug-likeness (QED) is 0.872. The van der Waals surface area contributed by atoms with E-state index in [1.54, 1.807) is 24.3 Å². The molecule has 6 heteroatoms. The summed E-state index contributed by atoms with van der Waals surface area (Å²) in [6.07, 6.45) is 1.43. The maximum atomic E-state index is 12.1. The molecule has 0 saturated carbocycles. The van der Waals surface area contributed by atoms with Crippen LogP contribution in [0.3, 0.4) is 0 Å². The van der Waals surface area contributed by atoms with Crippen LogP contribution in [0.5, 0.6) is 0 Å². The van der Waals surface area contributed by atoms with Gasteiger partial charge in [0.2, 0.25) is 10.0 Å². The lowest BCUT2D eigenvalue weighted by Crippen LogP contribution is -2.30. The number of hydrogen-bond donors (Lipinski definition) is 2. The first-order valence-electron chi connectivity index (χ1n) is 5.76. The van der Waals surface area contributed by atoms with Crippen LogP contribution in [-0.4, -0.2) is 20.1 Å². The van der Waals surface area contributed by atoms with Gasteiger partial charge in [0.25, 0.3) is 0 Å². The molecule has 5 nitrogen and oxygen atoms in total. The molecule has 0 aliphatic rings. The average Bonchev–Trinajstić information content (AvgIpc) is 2.90. The summed E-state index contributed by atoms with van der Waals surface area (Å²) >= 11 is 0. The molecule has 0 spiro atoms. The summed E-state index contributed by atoms with van der Waals surface area (Å²) in [6, 6.07) is 8.94. The van der Waals surface area contributed by atoms with Gasteiger partial charge in [-0.3, -0.25) is 0 Å². The molecule has 0 bridgehead atoms. The summed E-state index contributed by atoms with van der Waals surface area (Å²) in [5.74, 6) is 0.373. The number of furan rings is 1. The molecular formula is C13H15NO4S. The van der Waals surface area contributed by atoms with Crippen molar-refractivity contribution in [3.63, 3.8) is 0 Å². The van der Waals surface area contributed by atoms with Crippen molar-refractivity contribution in [1.82, 2.24) is 4.72 Å². The van der Waals surface area contributed by atoms with Crippen LogP contribution in [0.1, 0.15) is 17.4 Å². The van der Waals surface area contributed by atoms with Crippen molar-refractivity contribution in [2.24, 2.45) is 0 Å². The fourth-order valence-electron chi connectivity index (χ4n) is 1.65. The van der Waals surface area contributed by atoms with Crippen molar-refractivity contribution in [3.8, 4) is 0 Å². The number of aryl methyl sites for hydroxylation is 1. The van der Waals surface area contributed by atoms with Crippen molar-refractivity contribution in [1.29, 1.82) is 0 Å². The van der Waals surface area contributed by atoms with Crippen molar-refractivity contribution in [3.05, 3.63) is 54.0 Å². The molecule has 1 heterocycles. The molecule has 0 amide bonds. The minimum Gasteiger partial charge on any atom is -0.468 e. The zero-order chi connectivity index (χ0) is 13.9. The van der Waals surface area contributed by atoms with Crippen molar-refractivity contribution < 1.29 is 17.9 Å². The molecule has 0 radical (unpaired) electrons. The lowest BCUT2D eigenvalue weighted by molar-refractivity contribution is 0.242. The fourth-order valence-corrected chi connectivity index (χ4v) is 2.84. The largest absolute Gasteiger partial charge is 0.468 e. The van der Waals surface area contributed by atoms with E-state index in [-0.39, 0.29) is 11.5 Å². The molecule has 1 aromatic carbocycles. The topological polar surface area (TPSA) is 79.5 Å². The molecule has 2 rings (SSSR count). The second kappa shape index (κ2) is 5.56. The molecule has 102 valence electrons. The Morgan fingerprint density at radius 1 is 1.26 bits per heavy atom. The Hall–Kier alpha value is -1.63. The van der Waals surface area contributed by atoms with Crippen molar-refractivity contribution in [2.75, 3.05) is 6.61 Å². The minimum atomic E-state index is -3.68. The van der Waals surface area contributed by atoms with E-state index >= 15 is 0 Å². The molecular weight excluding hydrogens is 266 g/mol. The third-order valence-electron chi connectivity index (χ3n) is 2.70. The average molecular weight is 281 g/mol. The van der Waals surface area contributed by atoms with Crippen LogP contribution < -0.4 is 4.72 Å². The van der Waals surface area contributed by atoms with Gasteiger partial charge in [0.15, 0.2) is 0 Å². The first kappa shape index (κ1) is 13.8. The fraction of sp³-hybridized carbons (Fsp3) is 0.231. The van der Waals surface area contributed by atoms with Crippen LogP contribution in [0.25, 0.3) is 0 Å². The predicted molar refractivity (Wildman–Crippen MR) is 70.0 cm³/mol. The summed E-state index contributed by atoms with van der Waals surface area (Å²) in [5, 5.41) is 9.27. The van der Waals surface area contributed by atoms with E-state index in [2.05, 4.69) is 4.72 Å². The lowest BCUT2D eigenvalue weighted by Gasteiger charge is -2.14. The number of nitrogens with one attached hydrogen (secondary N) is 1. The van der Waals surface area contributed by atoms with E-state index in [1.165, 1.54) is 18.4 Å². The SMILES string of the molecule is Cc1ccc(S(=O)(=O)N[C@H](CO)c2ccco2)cc1. The maximum Gasteiger partial charge on any atom is 0.241 e. The van der Waals surface area contributed by atoms with E-state index in [0.29, 0.717) is 5.76 Å². The van der Waals surface area contributed by atoms with Crippen LogP contribution in [-0.2, 0) is 10.0 Å². The van der Waals surface area contributed by atoms with Gasteiger partial charge in [-0.25, -0.2) is 8.42 Å². The summed E-state index contributed by atoms with van der Waals surface area (Å²) in [6.45, 7) is 1.50. The summed E-state index contributed by atoms with van der Waals surface area (Å²) in [7, 11) is -3.68. The Balaban J connectivity index is 2.23. The molecule has 2 N–H and O–H groups in total. The van der Waals surface area contributed by atoms with Crippen LogP contribution >= 0.6 is 0 Å². The highest BCUT2D eigenvalue weighted by Crippen LogP contribution is 2.17. The molecule has 0 unspecified atom stereocenters. The first-order chi connectivity index (χ1) is 9.03. The molecule has 0 aliphatic carbocycles. The highest BCUT2D eigenvalue weighted by Gasteiger charge is 2.22. The van der Waals surface area contributed by atoms with Crippen molar-refractivity contribution in [2.45, 2.75) is 17.9 Å². The first-order valence-corrected chi connectivity index (χ1v) is 7.24. The van der Waals surface area contributed by atoms with E-state index in [0.717, 1.165) is 5.56 Å². The van der Waals surface area contributed by atoms with Crippen LogP contribution in [0.4, 0.5) is 0 Å². The number of sulfonamides is 1. The maximum absolute atomic E-state index is 12.1. The van der Waals surface area contributed by atoms with Crippen LogP contribution in [0.2, 0.25) is 0 Å². The summed E-state index contributed by atoms with van der Waals surface area (Å²) < 4.78 is 31.8. The number of aliphatic hydroxyl groups is 1. The van der Waals surface area contributed by atoms with E-state index in [1.807, 2.05) is 6.92 Å². The van der Waals surface area contributed by atoms with Gasteiger partial charge in [-0.15, -0.1) is 0 Å². The van der Waals surface area contributed by atoms with E-state index in [4.69, 9.17) is 4.42 Å². The molecule has 1 aromatic heterocycles. The Morgan fingerprint density at radius 2 is 1.95 bits per heavy atom. The lowest BCUT2D eigenvalue weighted by atomic mass is 10.2. The van der Waals surface area contributed by atoms with Gasteiger partial charge in [-0.2, -0.15) is 4.72 Å². The molecule has 1 atom stereocenters. The molecule has 0 fully saturated rings. The molecule has 0 aliphatic heterocycles. The number of aliphatic hydroxyl groups excluding tert-OH is 1. The second-order valence-electron chi connectivity index (χ2n) is 4.18. The summed E-state index contributed by atoms with van der Waals surface area (Å²) in [4.78, 5) is 0.156. The zero-order valence-electron chi connectivity index (χ0n) is 10.4. The Morgan fingerprint density at radius 3 is 2.47 bits per heavy atom. The van der Waals surface area contributed by atoms with Crippen LogP contribution in [0, 0.1) is 6.92 Å². The number of rotatable bonds is 5. The predicted octanol–water partition coefficient (Wildman–Crippen LogP) is 1.60. The third kappa shape index (κ3) is 3.23. The standard InChI is InChI=1S/C13H15NO4S/c1-10-4-6-11(7-5-10)19(16,17)14-12(9-15)13-3-2-8-18-13/h2-8,12,14-15H,9H2,1H3/t12-/m1/s1. The second-order valence-corrected chi connectivity index (χ2v) is 5.90. The van der Waals surface area contributed by atoms with E-state index in [9.17, 15) is 13.5 Å². The Kier molecular flexibility index (Phi) is 4.04. The van der Waals surface area contributed by atoms with Gasteiger partial charge in [-0.1, -0.05) is 17.7 Å². The highest BCUT2D eigenvalue weighted by molar-refractivity contribution is 7.89. The van der Waals surface area contributed by atoms with Gasteiger partial charge in [0.05, 0.1) is 17.8 Å². The molecule has 2 aromatic rings. The van der Waals surface area contributed by atoms with Crippen molar-refractivity contribution >= 4 is 10.0 Å². The zero-order valence-corrected chi connectivity index (χ0v) is 11.2. The third-order valence-corrected chi connectivity index (χ3v) is 4.19. The smallest absolute Gasteiger partial charge is 0.241 e. The van der Waals surface area contributed by atoms with Gasteiger partial charge >= 0.3 is 0 Å². The molecule has 19 heavy (non-hydrogen) atoms. The number of hydrogen-bond acceptors (Lipinski definition) is 4. The van der Waals surface area contributed by atoms with Crippen LogP contribution in [0.15, 0.2) is 52.0 Å². The monoisotopic (exact) mass is 281 g/mol. The number of benzene rings is 1. The Bertz CT molecular complexity index is 617. The summed E-state index contributed by atoms with van der Waals surface area (Å²) in [5.41, 5.74) is 0.976. The van der Waals surface area contributed by atoms with Gasteiger partial charge in [0.1, 0.15) is 11.8 Å². The minimum absolute atomic E-state index is 0.156. The van der Waals surface area contributed by atoms with Gasteiger partial charge in [0, 0.05) is 0 Å². The molecule has 0 saturated heterocycles. The Labute approximate surface area is 111 Å². The van der Waals surface area contributed by atoms with E-state index < -0.39 is 16.1 Å². The highest BCUT2D eigenvalue weighted by atomic mass is 32.2. The van der Waals surface area contributed by atoms with Gasteiger partial charge in [-0.05, 0) is 31.2 Å². The van der Waals surface area contributed by atoms with Gasteiger partial charge < -0.3 is 9.52 Å².